The Labute approximate surface area is 134 Å². The number of aryl methyl sites for hydroxylation is 2. The third kappa shape index (κ3) is 2.95. The van der Waals surface area contributed by atoms with Crippen LogP contribution in [0.5, 0.6) is 0 Å². The van der Waals surface area contributed by atoms with E-state index in [0.29, 0.717) is 11.6 Å². The van der Waals surface area contributed by atoms with Crippen molar-refractivity contribution < 1.29 is 0 Å². The van der Waals surface area contributed by atoms with Gasteiger partial charge in [0.1, 0.15) is 5.82 Å². The second kappa shape index (κ2) is 5.31. The van der Waals surface area contributed by atoms with E-state index in [0.717, 1.165) is 14.8 Å². The van der Waals surface area contributed by atoms with E-state index < -0.39 is 0 Å². The highest BCUT2D eigenvalue weighted by molar-refractivity contribution is 14.1. The highest BCUT2D eigenvalue weighted by Crippen LogP contribution is 2.30. The predicted octanol–water partition coefficient (Wildman–Crippen LogP) is 4.24. The van der Waals surface area contributed by atoms with Crippen LogP contribution in [0.1, 0.15) is 37.6 Å². The van der Waals surface area contributed by atoms with Crippen LogP contribution in [-0.2, 0) is 5.41 Å². The standard InChI is InChI=1S/C16H20IN3/c1-9-6-7-11(8-10(9)2)15-19-13(16(3,4)5)12(17)14(18)20-15/h6-8H,1-5H3,(H2,18,19,20). The van der Waals surface area contributed by atoms with Gasteiger partial charge in [0.2, 0.25) is 0 Å². The fraction of sp³-hybridized carbons (Fsp3) is 0.375. The van der Waals surface area contributed by atoms with Gasteiger partial charge in [-0.25, -0.2) is 9.97 Å². The van der Waals surface area contributed by atoms with Gasteiger partial charge >= 0.3 is 0 Å². The second-order valence-corrected chi connectivity index (χ2v) is 7.22. The number of rotatable bonds is 1. The molecule has 2 N–H and O–H groups in total. The third-order valence-corrected chi connectivity index (χ3v) is 4.42. The molecule has 3 nitrogen and oxygen atoms in total. The van der Waals surface area contributed by atoms with Gasteiger partial charge < -0.3 is 5.73 Å². The van der Waals surface area contributed by atoms with Crippen LogP contribution in [0.25, 0.3) is 11.4 Å². The summed E-state index contributed by atoms with van der Waals surface area (Å²) in [7, 11) is 0. The van der Waals surface area contributed by atoms with Crippen LogP contribution in [0.3, 0.4) is 0 Å². The second-order valence-electron chi connectivity index (χ2n) is 6.14. The summed E-state index contributed by atoms with van der Waals surface area (Å²) in [6.07, 6.45) is 0. The fourth-order valence-corrected chi connectivity index (χ4v) is 3.02. The molecule has 0 fully saturated rings. The maximum atomic E-state index is 6.06. The molecule has 0 unspecified atom stereocenters. The topological polar surface area (TPSA) is 51.8 Å². The minimum atomic E-state index is -0.0535. The monoisotopic (exact) mass is 381 g/mol. The summed E-state index contributed by atoms with van der Waals surface area (Å²) in [6, 6.07) is 6.26. The average Bonchev–Trinajstić information content (AvgIpc) is 2.34. The molecule has 1 aromatic heterocycles. The van der Waals surface area contributed by atoms with Crippen molar-refractivity contribution in [1.29, 1.82) is 0 Å². The van der Waals surface area contributed by atoms with Gasteiger partial charge in [0.05, 0.1) is 9.26 Å². The van der Waals surface area contributed by atoms with Crippen molar-refractivity contribution in [1.82, 2.24) is 9.97 Å². The van der Waals surface area contributed by atoms with Gasteiger partial charge in [0.15, 0.2) is 5.82 Å². The van der Waals surface area contributed by atoms with Crippen molar-refractivity contribution in [2.45, 2.75) is 40.0 Å². The lowest BCUT2D eigenvalue weighted by Crippen LogP contribution is -2.18. The molecule has 0 spiro atoms. The van der Waals surface area contributed by atoms with Gasteiger partial charge in [-0.05, 0) is 53.6 Å². The maximum absolute atomic E-state index is 6.06. The predicted molar refractivity (Wildman–Crippen MR) is 92.8 cm³/mol. The Balaban J connectivity index is 2.63. The zero-order chi connectivity index (χ0) is 15.1. The Kier molecular flexibility index (Phi) is 4.04. The molecule has 4 heteroatoms. The minimum Gasteiger partial charge on any atom is -0.383 e. The summed E-state index contributed by atoms with van der Waals surface area (Å²) < 4.78 is 0.947. The molecule has 1 aromatic carbocycles. The van der Waals surface area contributed by atoms with Crippen molar-refractivity contribution >= 4 is 28.4 Å². The van der Waals surface area contributed by atoms with E-state index in [9.17, 15) is 0 Å². The highest BCUT2D eigenvalue weighted by Gasteiger charge is 2.22. The van der Waals surface area contributed by atoms with E-state index in [4.69, 9.17) is 10.7 Å². The first-order chi connectivity index (χ1) is 9.20. The number of hydrogen-bond donors (Lipinski definition) is 1. The van der Waals surface area contributed by atoms with Crippen LogP contribution in [0, 0.1) is 17.4 Å². The molecule has 0 atom stereocenters. The van der Waals surface area contributed by atoms with Crippen LogP contribution >= 0.6 is 22.6 Å². The Morgan fingerprint density at radius 3 is 2.25 bits per heavy atom. The van der Waals surface area contributed by atoms with E-state index in [2.05, 4.69) is 80.4 Å². The van der Waals surface area contributed by atoms with E-state index in [1.54, 1.807) is 0 Å². The van der Waals surface area contributed by atoms with Crippen molar-refractivity contribution in [3.8, 4) is 11.4 Å². The number of benzene rings is 1. The van der Waals surface area contributed by atoms with E-state index in [-0.39, 0.29) is 5.41 Å². The van der Waals surface area contributed by atoms with Gasteiger partial charge in [-0.15, -0.1) is 0 Å². The Morgan fingerprint density at radius 2 is 1.70 bits per heavy atom. The number of nitrogen functional groups attached to an aromatic ring is 1. The molecule has 20 heavy (non-hydrogen) atoms. The maximum Gasteiger partial charge on any atom is 0.161 e. The molecular weight excluding hydrogens is 361 g/mol. The Morgan fingerprint density at radius 1 is 1.05 bits per heavy atom. The molecule has 2 rings (SSSR count). The fourth-order valence-electron chi connectivity index (χ4n) is 1.97. The minimum absolute atomic E-state index is 0.0535. The first-order valence-corrected chi connectivity index (χ1v) is 7.69. The SMILES string of the molecule is Cc1ccc(-c2nc(N)c(I)c(C(C)(C)C)n2)cc1C. The quantitative estimate of drug-likeness (QED) is 0.752. The van der Waals surface area contributed by atoms with Gasteiger partial charge in [-0.3, -0.25) is 0 Å². The first-order valence-electron chi connectivity index (χ1n) is 6.61. The molecular formula is C16H20IN3. The van der Waals surface area contributed by atoms with Gasteiger partial charge in [0, 0.05) is 11.0 Å². The summed E-state index contributed by atoms with van der Waals surface area (Å²) in [5.74, 6) is 1.26. The molecule has 0 saturated carbocycles. The molecule has 0 amide bonds. The van der Waals surface area contributed by atoms with Crippen molar-refractivity contribution in [3.05, 3.63) is 38.6 Å². The lowest BCUT2D eigenvalue weighted by molar-refractivity contribution is 0.564. The molecule has 0 aliphatic carbocycles. The largest absolute Gasteiger partial charge is 0.383 e. The smallest absolute Gasteiger partial charge is 0.161 e. The van der Waals surface area contributed by atoms with Gasteiger partial charge in [-0.1, -0.05) is 32.9 Å². The summed E-state index contributed by atoms with van der Waals surface area (Å²) in [5, 5.41) is 0. The molecule has 0 aliphatic rings. The third-order valence-electron chi connectivity index (χ3n) is 3.35. The molecule has 2 aromatic rings. The van der Waals surface area contributed by atoms with Crippen molar-refractivity contribution in [3.63, 3.8) is 0 Å². The van der Waals surface area contributed by atoms with Crippen LogP contribution in [-0.4, -0.2) is 9.97 Å². The molecule has 0 radical (unpaired) electrons. The molecule has 0 bridgehead atoms. The van der Waals surface area contributed by atoms with E-state index >= 15 is 0 Å². The molecule has 0 saturated heterocycles. The highest BCUT2D eigenvalue weighted by atomic mass is 127. The Bertz CT molecular complexity index is 658. The normalized spacial score (nSPS) is 11.7. The zero-order valence-corrected chi connectivity index (χ0v) is 14.7. The zero-order valence-electron chi connectivity index (χ0n) is 12.6. The summed E-state index contributed by atoms with van der Waals surface area (Å²) >= 11 is 2.23. The number of aromatic nitrogens is 2. The lowest BCUT2D eigenvalue weighted by Gasteiger charge is -2.21. The molecule has 1 heterocycles. The number of anilines is 1. The van der Waals surface area contributed by atoms with Gasteiger partial charge in [0.25, 0.3) is 0 Å². The summed E-state index contributed by atoms with van der Waals surface area (Å²) in [5.41, 5.74) is 10.5. The van der Waals surface area contributed by atoms with E-state index in [1.807, 2.05) is 0 Å². The van der Waals surface area contributed by atoms with Gasteiger partial charge in [-0.2, -0.15) is 0 Å². The number of halogens is 1. The average molecular weight is 381 g/mol. The number of nitrogens with two attached hydrogens (primary N) is 1. The van der Waals surface area contributed by atoms with Crippen LogP contribution in [0.15, 0.2) is 18.2 Å². The summed E-state index contributed by atoms with van der Waals surface area (Å²) in [6.45, 7) is 10.6. The van der Waals surface area contributed by atoms with Crippen LogP contribution < -0.4 is 5.73 Å². The molecule has 106 valence electrons. The Hall–Kier alpha value is -1.17. The number of hydrogen-bond acceptors (Lipinski definition) is 3. The number of nitrogens with zero attached hydrogens (tertiary/aromatic N) is 2. The van der Waals surface area contributed by atoms with Crippen LogP contribution in [0.4, 0.5) is 5.82 Å². The lowest BCUT2D eigenvalue weighted by atomic mass is 9.91. The first kappa shape index (κ1) is 15.2. The van der Waals surface area contributed by atoms with Crippen molar-refractivity contribution in [2.75, 3.05) is 5.73 Å². The van der Waals surface area contributed by atoms with Crippen LogP contribution in [0.2, 0.25) is 0 Å². The van der Waals surface area contributed by atoms with E-state index in [1.165, 1.54) is 11.1 Å². The van der Waals surface area contributed by atoms with Crippen molar-refractivity contribution in [2.24, 2.45) is 0 Å². The summed E-state index contributed by atoms with van der Waals surface area (Å²) in [4.78, 5) is 9.19. The molecule has 0 aliphatic heterocycles.